The first-order valence-electron chi connectivity index (χ1n) is 8.30. The second-order valence-electron chi connectivity index (χ2n) is 6.16. The molecule has 0 aliphatic heterocycles. The topological polar surface area (TPSA) is 98.5 Å². The van der Waals surface area contributed by atoms with E-state index in [-0.39, 0.29) is 5.69 Å². The lowest BCUT2D eigenvalue weighted by molar-refractivity contribution is -0.384. The van der Waals surface area contributed by atoms with Gasteiger partial charge < -0.3 is 10.1 Å². The van der Waals surface area contributed by atoms with Crippen molar-refractivity contribution in [1.29, 1.82) is 0 Å². The van der Waals surface area contributed by atoms with E-state index < -0.39 is 22.3 Å². The third-order valence-electron chi connectivity index (χ3n) is 4.40. The van der Waals surface area contributed by atoms with E-state index in [0.717, 1.165) is 25.7 Å². The maximum atomic E-state index is 12.3. The van der Waals surface area contributed by atoms with Crippen LogP contribution in [-0.4, -0.2) is 29.4 Å². The molecule has 1 aromatic carbocycles. The minimum atomic E-state index is -0.991. The number of hydrogen-bond donors (Lipinski definition) is 1. The molecule has 0 bridgehead atoms. The van der Waals surface area contributed by atoms with Crippen molar-refractivity contribution < 1.29 is 19.2 Å². The molecule has 1 aromatic rings. The molecule has 1 aliphatic carbocycles. The number of nitrogens with zero attached hydrogens (tertiary/aromatic N) is 1. The van der Waals surface area contributed by atoms with Gasteiger partial charge in [0.05, 0.1) is 12.0 Å². The Morgan fingerprint density at radius 2 is 1.92 bits per heavy atom. The Labute approximate surface area is 146 Å². The van der Waals surface area contributed by atoms with E-state index in [1.807, 2.05) is 0 Å². The average Bonchev–Trinajstić information content (AvgIpc) is 2.86. The molecule has 2 rings (SSSR count). The molecule has 1 fully saturated rings. The Kier molecular flexibility index (Phi) is 6.27. The zero-order valence-corrected chi connectivity index (χ0v) is 14.2. The van der Waals surface area contributed by atoms with Gasteiger partial charge in [-0.2, -0.15) is 0 Å². The van der Waals surface area contributed by atoms with Crippen LogP contribution in [-0.2, 0) is 14.3 Å². The summed E-state index contributed by atoms with van der Waals surface area (Å²) in [5, 5.41) is 13.6. The second kappa shape index (κ2) is 8.41. The number of nitrogens with one attached hydrogen (secondary N) is 1. The van der Waals surface area contributed by atoms with Crippen molar-refractivity contribution in [2.45, 2.75) is 44.1 Å². The summed E-state index contributed by atoms with van der Waals surface area (Å²) in [6.07, 6.45) is 7.63. The number of hydrogen-bond acceptors (Lipinski definition) is 5. The summed E-state index contributed by atoms with van der Waals surface area (Å²) in [7, 11) is 1.32. The first kappa shape index (κ1) is 18.6. The second-order valence-corrected chi connectivity index (χ2v) is 6.16. The van der Waals surface area contributed by atoms with Gasteiger partial charge in [-0.3, -0.25) is 14.9 Å². The van der Waals surface area contributed by atoms with Gasteiger partial charge in [-0.15, -0.1) is 0 Å². The molecule has 0 aromatic heterocycles. The first-order valence-corrected chi connectivity index (χ1v) is 8.30. The number of esters is 1. The monoisotopic (exact) mass is 346 g/mol. The molecule has 7 heteroatoms. The highest BCUT2D eigenvalue weighted by atomic mass is 16.6. The number of nitro benzene ring substituents is 1. The molecule has 0 unspecified atom stereocenters. The van der Waals surface area contributed by atoms with Gasteiger partial charge in [-0.05, 0) is 24.5 Å². The molecule has 0 heterocycles. The van der Waals surface area contributed by atoms with Gasteiger partial charge in [0.15, 0.2) is 0 Å². The van der Waals surface area contributed by atoms with Crippen LogP contribution in [0.4, 0.5) is 5.69 Å². The summed E-state index contributed by atoms with van der Waals surface area (Å²) in [6.45, 7) is 0. The Hall–Kier alpha value is -2.70. The predicted octanol–water partition coefficient (Wildman–Crippen LogP) is 2.99. The molecule has 1 saturated carbocycles. The third-order valence-corrected chi connectivity index (χ3v) is 4.40. The normalized spacial score (nSPS) is 16.8. The Morgan fingerprint density at radius 1 is 1.24 bits per heavy atom. The van der Waals surface area contributed by atoms with Crippen molar-refractivity contribution in [2.24, 2.45) is 0 Å². The van der Waals surface area contributed by atoms with Crippen LogP contribution in [0.5, 0.6) is 0 Å². The Balaban J connectivity index is 2.11. The van der Waals surface area contributed by atoms with E-state index in [9.17, 15) is 19.7 Å². The molecule has 0 spiro atoms. The highest BCUT2D eigenvalue weighted by Gasteiger charge is 2.40. The zero-order valence-electron chi connectivity index (χ0n) is 14.2. The lowest BCUT2D eigenvalue weighted by Gasteiger charge is -2.30. The number of carbonyl (C=O) groups excluding carboxylic acids is 2. The van der Waals surface area contributed by atoms with Crippen LogP contribution >= 0.6 is 0 Å². The van der Waals surface area contributed by atoms with E-state index in [4.69, 9.17) is 4.74 Å². The van der Waals surface area contributed by atoms with Crippen LogP contribution in [0.1, 0.15) is 44.1 Å². The van der Waals surface area contributed by atoms with Crippen molar-refractivity contribution in [3.63, 3.8) is 0 Å². The van der Waals surface area contributed by atoms with Crippen molar-refractivity contribution in [2.75, 3.05) is 7.11 Å². The smallest absolute Gasteiger partial charge is 0.331 e. The van der Waals surface area contributed by atoms with Crippen LogP contribution in [0, 0.1) is 10.1 Å². The summed E-state index contributed by atoms with van der Waals surface area (Å²) in [5.74, 6) is -0.842. The van der Waals surface area contributed by atoms with E-state index in [2.05, 4.69) is 5.32 Å². The van der Waals surface area contributed by atoms with Gasteiger partial charge >= 0.3 is 5.97 Å². The molecular weight excluding hydrogens is 324 g/mol. The number of non-ortho nitro benzene ring substituents is 1. The lowest BCUT2D eigenvalue weighted by Crippen LogP contribution is -2.54. The molecule has 0 saturated heterocycles. The van der Waals surface area contributed by atoms with Gasteiger partial charge in [0, 0.05) is 18.2 Å². The maximum Gasteiger partial charge on any atom is 0.331 e. The molecule has 7 nitrogen and oxygen atoms in total. The lowest BCUT2D eigenvalue weighted by atomic mass is 9.90. The van der Waals surface area contributed by atoms with Gasteiger partial charge in [-0.25, -0.2) is 4.79 Å². The highest BCUT2D eigenvalue weighted by Crippen LogP contribution is 2.28. The van der Waals surface area contributed by atoms with Gasteiger partial charge in [-0.1, -0.05) is 37.8 Å². The SMILES string of the molecule is COC(=O)C1(NC(=O)/C=C/c2cccc([N+](=O)[O-])c2)CCCCCC1. The van der Waals surface area contributed by atoms with Crippen molar-refractivity contribution in [1.82, 2.24) is 5.32 Å². The molecule has 1 aliphatic rings. The van der Waals surface area contributed by atoms with Crippen molar-refractivity contribution >= 4 is 23.6 Å². The van der Waals surface area contributed by atoms with E-state index in [1.54, 1.807) is 12.1 Å². The molecule has 1 amide bonds. The summed E-state index contributed by atoms with van der Waals surface area (Å²) < 4.78 is 4.90. The minimum absolute atomic E-state index is 0.0441. The minimum Gasteiger partial charge on any atom is -0.467 e. The molecule has 25 heavy (non-hydrogen) atoms. The summed E-state index contributed by atoms with van der Waals surface area (Å²) in [4.78, 5) is 34.8. The van der Waals surface area contributed by atoms with Crippen LogP contribution in [0.2, 0.25) is 0 Å². The molecule has 134 valence electrons. The van der Waals surface area contributed by atoms with Crippen molar-refractivity contribution in [3.05, 3.63) is 46.0 Å². The number of nitro groups is 1. The van der Waals surface area contributed by atoms with Crippen LogP contribution in [0.15, 0.2) is 30.3 Å². The molecule has 0 radical (unpaired) electrons. The Morgan fingerprint density at radius 3 is 2.52 bits per heavy atom. The van der Waals surface area contributed by atoms with Gasteiger partial charge in [0.25, 0.3) is 5.69 Å². The number of carbonyl (C=O) groups is 2. The maximum absolute atomic E-state index is 12.3. The zero-order chi connectivity index (χ0) is 18.3. The average molecular weight is 346 g/mol. The summed E-state index contributed by atoms with van der Waals surface area (Å²) >= 11 is 0. The molecule has 1 N–H and O–H groups in total. The fourth-order valence-electron chi connectivity index (χ4n) is 3.10. The number of amides is 1. The number of benzene rings is 1. The fourth-order valence-corrected chi connectivity index (χ4v) is 3.10. The van der Waals surface area contributed by atoms with Crippen LogP contribution in [0.25, 0.3) is 6.08 Å². The third kappa shape index (κ3) is 4.89. The number of methoxy groups -OCH3 is 1. The Bertz CT molecular complexity index is 676. The van der Waals surface area contributed by atoms with Crippen LogP contribution < -0.4 is 5.32 Å². The quantitative estimate of drug-likeness (QED) is 0.290. The van der Waals surface area contributed by atoms with Crippen LogP contribution in [0.3, 0.4) is 0 Å². The first-order chi connectivity index (χ1) is 12.0. The van der Waals surface area contributed by atoms with Gasteiger partial charge in [0.1, 0.15) is 5.54 Å². The summed E-state index contributed by atoms with van der Waals surface area (Å²) in [5.41, 5.74) is -0.496. The highest BCUT2D eigenvalue weighted by molar-refractivity contribution is 5.96. The molecular formula is C18H22N2O5. The number of rotatable bonds is 5. The summed E-state index contributed by atoms with van der Waals surface area (Å²) in [6, 6.07) is 5.98. The van der Waals surface area contributed by atoms with E-state index in [0.29, 0.717) is 18.4 Å². The van der Waals surface area contributed by atoms with E-state index in [1.165, 1.54) is 31.4 Å². The number of ether oxygens (including phenoxy) is 1. The predicted molar refractivity (Wildman–Crippen MR) is 92.7 cm³/mol. The van der Waals surface area contributed by atoms with Crippen molar-refractivity contribution in [3.8, 4) is 0 Å². The molecule has 0 atom stereocenters. The van der Waals surface area contributed by atoms with E-state index >= 15 is 0 Å². The largest absolute Gasteiger partial charge is 0.467 e. The fraction of sp³-hybridized carbons (Fsp3) is 0.444. The van der Waals surface area contributed by atoms with Gasteiger partial charge in [0.2, 0.25) is 5.91 Å². The standard InChI is InChI=1S/C18H22N2O5/c1-25-17(22)18(11-4-2-3-5-12-18)19-16(21)10-9-14-7-6-8-15(13-14)20(23)24/h6-10,13H,2-5,11-12H2,1H3,(H,19,21)/b10-9+.